The number of nitrogens with two attached hydrogens (primary N) is 1. The summed E-state index contributed by atoms with van der Waals surface area (Å²) in [6.07, 6.45) is 1.75. The zero-order chi connectivity index (χ0) is 10.3. The molecule has 0 bridgehead atoms. The van der Waals surface area contributed by atoms with Crippen molar-refractivity contribution in [3.05, 3.63) is 0 Å². The molecule has 0 fully saturated rings. The number of carbonyl (C=O) groups excluding carboxylic acids is 1. The molecule has 0 aliphatic heterocycles. The Hall–Kier alpha value is -0.610. The van der Waals surface area contributed by atoms with E-state index in [2.05, 4.69) is 5.32 Å². The molecule has 4 nitrogen and oxygen atoms in total. The highest BCUT2D eigenvalue weighted by molar-refractivity contribution is 5.73. The summed E-state index contributed by atoms with van der Waals surface area (Å²) in [5.41, 5.74) is 4.32. The zero-order valence-electron chi connectivity index (χ0n) is 8.47. The van der Waals surface area contributed by atoms with Gasteiger partial charge < -0.3 is 16.2 Å². The molecule has 0 aliphatic carbocycles. The van der Waals surface area contributed by atoms with Crippen LogP contribution < -0.4 is 11.1 Å². The summed E-state index contributed by atoms with van der Waals surface area (Å²) in [5, 5.41) is 12.8. The van der Waals surface area contributed by atoms with Crippen LogP contribution in [0.1, 0.15) is 33.1 Å². The second-order valence-electron chi connectivity index (χ2n) is 3.32. The normalized spacial score (nSPS) is 11.6. The molecule has 0 aromatic heterocycles. The first-order valence-electron chi connectivity index (χ1n) is 4.75. The summed E-state index contributed by atoms with van der Waals surface area (Å²) >= 11 is 0. The predicted octanol–water partition coefficient (Wildman–Crippen LogP) is 0.00250. The number of rotatable bonds is 7. The van der Waals surface area contributed by atoms with E-state index in [1.807, 2.05) is 13.8 Å². The molecule has 4 N–H and O–H groups in total. The lowest BCUT2D eigenvalue weighted by atomic mass is 9.98. The Balaban J connectivity index is 3.55. The Kier molecular flexibility index (Phi) is 5.66. The highest BCUT2D eigenvalue weighted by Gasteiger charge is 2.20. The van der Waals surface area contributed by atoms with Gasteiger partial charge in [-0.3, -0.25) is 4.79 Å². The van der Waals surface area contributed by atoms with Crippen molar-refractivity contribution in [2.75, 3.05) is 13.1 Å². The molecule has 0 saturated carbocycles. The number of hydrogen-bond acceptors (Lipinski definition) is 3. The molecule has 1 amide bonds. The summed E-state index contributed by atoms with van der Waals surface area (Å²) < 4.78 is 0. The SMILES string of the molecule is CCC(O)(CC)CNCCC(N)=O. The van der Waals surface area contributed by atoms with Gasteiger partial charge in [-0.25, -0.2) is 0 Å². The fourth-order valence-electron chi connectivity index (χ4n) is 1.03. The minimum atomic E-state index is -0.641. The molecule has 0 spiro atoms. The lowest BCUT2D eigenvalue weighted by molar-refractivity contribution is -0.118. The standard InChI is InChI=1S/C9H20N2O2/c1-3-9(13,4-2)7-11-6-5-8(10)12/h11,13H,3-7H2,1-2H3,(H2,10,12). The summed E-state index contributed by atoms with van der Waals surface area (Å²) in [4.78, 5) is 10.4. The van der Waals surface area contributed by atoms with Gasteiger partial charge in [0.05, 0.1) is 5.60 Å². The average Bonchev–Trinajstić information content (AvgIpc) is 2.12. The molecular weight excluding hydrogens is 168 g/mol. The van der Waals surface area contributed by atoms with Crippen molar-refractivity contribution in [3.8, 4) is 0 Å². The van der Waals surface area contributed by atoms with Crippen molar-refractivity contribution in [3.63, 3.8) is 0 Å². The van der Waals surface area contributed by atoms with Crippen molar-refractivity contribution < 1.29 is 9.90 Å². The van der Waals surface area contributed by atoms with Gasteiger partial charge in [-0.1, -0.05) is 13.8 Å². The van der Waals surface area contributed by atoms with Crippen molar-refractivity contribution >= 4 is 5.91 Å². The van der Waals surface area contributed by atoms with Crippen LogP contribution in [-0.2, 0) is 4.79 Å². The molecule has 4 heteroatoms. The van der Waals surface area contributed by atoms with E-state index in [9.17, 15) is 9.90 Å². The molecule has 0 saturated heterocycles. The number of nitrogens with one attached hydrogen (secondary N) is 1. The van der Waals surface area contributed by atoms with Crippen molar-refractivity contribution in [2.24, 2.45) is 5.73 Å². The maximum atomic E-state index is 10.4. The van der Waals surface area contributed by atoms with E-state index in [1.54, 1.807) is 0 Å². The quantitative estimate of drug-likeness (QED) is 0.492. The van der Waals surface area contributed by atoms with Crippen LogP contribution in [0.2, 0.25) is 0 Å². The minimum absolute atomic E-state index is 0.316. The Morgan fingerprint density at radius 2 is 2.00 bits per heavy atom. The maximum Gasteiger partial charge on any atom is 0.218 e. The second kappa shape index (κ2) is 5.94. The van der Waals surface area contributed by atoms with Crippen molar-refractivity contribution in [1.82, 2.24) is 5.32 Å². The van der Waals surface area contributed by atoms with Gasteiger partial charge in [-0.05, 0) is 12.8 Å². The Morgan fingerprint density at radius 3 is 2.38 bits per heavy atom. The van der Waals surface area contributed by atoms with Gasteiger partial charge in [0.25, 0.3) is 0 Å². The van der Waals surface area contributed by atoms with E-state index < -0.39 is 5.60 Å². The molecule has 0 aromatic rings. The van der Waals surface area contributed by atoms with Crippen LogP contribution in [0.3, 0.4) is 0 Å². The molecule has 0 heterocycles. The number of carbonyl (C=O) groups is 1. The van der Waals surface area contributed by atoms with Gasteiger partial charge >= 0.3 is 0 Å². The van der Waals surface area contributed by atoms with Crippen LogP contribution in [0.5, 0.6) is 0 Å². The number of aliphatic hydroxyl groups is 1. The minimum Gasteiger partial charge on any atom is -0.389 e. The third-order valence-corrected chi connectivity index (χ3v) is 2.32. The Bertz CT molecular complexity index is 156. The molecule has 0 rings (SSSR count). The lowest BCUT2D eigenvalue weighted by Crippen LogP contribution is -2.40. The van der Waals surface area contributed by atoms with Crippen LogP contribution in [-0.4, -0.2) is 29.7 Å². The molecule has 0 unspecified atom stereocenters. The molecular formula is C9H20N2O2. The first-order valence-corrected chi connectivity index (χ1v) is 4.75. The fraction of sp³-hybridized carbons (Fsp3) is 0.889. The van der Waals surface area contributed by atoms with Gasteiger partial charge in [0, 0.05) is 19.5 Å². The highest BCUT2D eigenvalue weighted by Crippen LogP contribution is 2.12. The van der Waals surface area contributed by atoms with Gasteiger partial charge in [-0.15, -0.1) is 0 Å². The smallest absolute Gasteiger partial charge is 0.218 e. The number of hydrogen-bond donors (Lipinski definition) is 3. The predicted molar refractivity (Wildman–Crippen MR) is 52.2 cm³/mol. The molecule has 0 radical (unpaired) electrons. The van der Waals surface area contributed by atoms with Gasteiger partial charge in [0.15, 0.2) is 0 Å². The first-order chi connectivity index (χ1) is 6.04. The van der Waals surface area contributed by atoms with Crippen LogP contribution in [0.15, 0.2) is 0 Å². The lowest BCUT2D eigenvalue weighted by Gasteiger charge is -2.25. The van der Waals surface area contributed by atoms with E-state index >= 15 is 0 Å². The van der Waals surface area contributed by atoms with Gasteiger partial charge in [0.2, 0.25) is 5.91 Å². The molecule has 0 aliphatic rings. The summed E-state index contributed by atoms with van der Waals surface area (Å²) in [6.45, 7) is 4.95. The number of amides is 1. The number of primary amides is 1. The fourth-order valence-corrected chi connectivity index (χ4v) is 1.03. The van der Waals surface area contributed by atoms with E-state index in [0.29, 0.717) is 32.4 Å². The summed E-state index contributed by atoms with van der Waals surface area (Å²) in [6, 6.07) is 0. The largest absolute Gasteiger partial charge is 0.389 e. The van der Waals surface area contributed by atoms with Crippen molar-refractivity contribution in [1.29, 1.82) is 0 Å². The first kappa shape index (κ1) is 12.4. The van der Waals surface area contributed by atoms with E-state index in [0.717, 1.165) is 0 Å². The Labute approximate surface area is 79.5 Å². The second-order valence-corrected chi connectivity index (χ2v) is 3.32. The van der Waals surface area contributed by atoms with E-state index in [-0.39, 0.29) is 5.91 Å². The van der Waals surface area contributed by atoms with Crippen LogP contribution in [0.4, 0.5) is 0 Å². The summed E-state index contributed by atoms with van der Waals surface area (Å²) in [5.74, 6) is -0.316. The summed E-state index contributed by atoms with van der Waals surface area (Å²) in [7, 11) is 0. The van der Waals surface area contributed by atoms with Crippen molar-refractivity contribution in [2.45, 2.75) is 38.7 Å². The molecule has 78 valence electrons. The third-order valence-electron chi connectivity index (χ3n) is 2.32. The van der Waals surface area contributed by atoms with E-state index in [1.165, 1.54) is 0 Å². The molecule has 13 heavy (non-hydrogen) atoms. The third kappa shape index (κ3) is 5.60. The van der Waals surface area contributed by atoms with Gasteiger partial charge in [-0.2, -0.15) is 0 Å². The van der Waals surface area contributed by atoms with Gasteiger partial charge in [0.1, 0.15) is 0 Å². The highest BCUT2D eigenvalue weighted by atomic mass is 16.3. The molecule has 0 aromatic carbocycles. The zero-order valence-corrected chi connectivity index (χ0v) is 8.47. The average molecular weight is 188 g/mol. The maximum absolute atomic E-state index is 10.4. The topological polar surface area (TPSA) is 75.3 Å². The van der Waals surface area contributed by atoms with Crippen LogP contribution in [0.25, 0.3) is 0 Å². The monoisotopic (exact) mass is 188 g/mol. The van der Waals surface area contributed by atoms with Crippen LogP contribution >= 0.6 is 0 Å². The Morgan fingerprint density at radius 1 is 1.46 bits per heavy atom. The van der Waals surface area contributed by atoms with Crippen LogP contribution in [0, 0.1) is 0 Å². The van der Waals surface area contributed by atoms with E-state index in [4.69, 9.17) is 5.73 Å². The molecule has 0 atom stereocenters.